The minimum Gasteiger partial charge on any atom is -0.465 e. The molecule has 290 valence electrons. The highest BCUT2D eigenvalue weighted by Crippen LogP contribution is 2.22. The van der Waals surface area contributed by atoms with Crippen LogP contribution in [0.5, 0.6) is 0 Å². The number of hydrogen-bond donors (Lipinski definition) is 0. The lowest BCUT2D eigenvalue weighted by Crippen LogP contribution is -2.42. The molecule has 0 aromatic carbocycles. The maximum Gasteiger partial charge on any atom is 0.305 e. The molecule has 1 aliphatic heterocycles. The molecule has 5 nitrogen and oxygen atoms in total. The van der Waals surface area contributed by atoms with E-state index in [0.29, 0.717) is 37.3 Å². The summed E-state index contributed by atoms with van der Waals surface area (Å²) in [6.45, 7) is 14.2. The predicted octanol–water partition coefficient (Wildman–Crippen LogP) is 12.8. The molecule has 0 N–H and O–H groups in total. The molecule has 1 amide bonds. The lowest BCUT2D eigenvalue weighted by Gasteiger charge is -2.33. The molecule has 1 aliphatic rings. The van der Waals surface area contributed by atoms with Crippen molar-refractivity contribution in [3.05, 3.63) is 0 Å². The molecule has 0 radical (unpaired) electrons. The van der Waals surface area contributed by atoms with Gasteiger partial charge in [-0.25, -0.2) is 0 Å². The van der Waals surface area contributed by atoms with Gasteiger partial charge in [-0.1, -0.05) is 156 Å². The first-order valence-corrected chi connectivity index (χ1v) is 22.2. The highest BCUT2D eigenvalue weighted by molar-refractivity contribution is 5.76. The SMILES string of the molecule is CCCCCCCCC(CCCCCC)COC(=O)CCCCCC(CCCCCC)N(CCCN1CCCC1)C(=O)CCCCCCC. The van der Waals surface area contributed by atoms with Crippen LogP contribution in [0.3, 0.4) is 0 Å². The predicted molar refractivity (Wildman–Crippen MR) is 212 cm³/mol. The van der Waals surface area contributed by atoms with E-state index in [0.717, 1.165) is 58.0 Å². The summed E-state index contributed by atoms with van der Waals surface area (Å²) >= 11 is 0. The fourth-order valence-corrected chi connectivity index (χ4v) is 7.76. The molecular weight excluding hydrogens is 604 g/mol. The number of nitrogens with zero attached hydrogens (tertiary/aromatic N) is 2. The van der Waals surface area contributed by atoms with E-state index in [-0.39, 0.29) is 5.97 Å². The normalized spacial score (nSPS) is 14.7. The van der Waals surface area contributed by atoms with Gasteiger partial charge in [0.2, 0.25) is 5.91 Å². The molecular formula is C44H86N2O3. The van der Waals surface area contributed by atoms with Crippen LogP contribution >= 0.6 is 0 Å². The molecule has 1 heterocycles. The second kappa shape index (κ2) is 34.0. The molecule has 0 bridgehead atoms. The lowest BCUT2D eigenvalue weighted by atomic mass is 9.95. The summed E-state index contributed by atoms with van der Waals surface area (Å²) in [5.41, 5.74) is 0. The summed E-state index contributed by atoms with van der Waals surface area (Å²) in [5, 5.41) is 0. The lowest BCUT2D eigenvalue weighted by molar-refractivity contribution is -0.145. The summed E-state index contributed by atoms with van der Waals surface area (Å²) in [6.07, 6.45) is 36.7. The standard InChI is InChI=1S/C44H86N2O3/c1-5-9-13-17-19-22-31-41(30-21-15-11-7-3)40-49-44(48)35-26-20-24-33-42(32-23-16-12-8-4)46(39-29-38-45-36-27-28-37-45)43(47)34-25-18-14-10-6-2/h41-42H,5-40H2,1-4H3. The molecule has 0 aromatic rings. The Morgan fingerprint density at radius 1 is 0.551 bits per heavy atom. The minimum atomic E-state index is -0.000547. The minimum absolute atomic E-state index is 0.000547. The molecule has 0 saturated carbocycles. The van der Waals surface area contributed by atoms with E-state index in [4.69, 9.17) is 4.74 Å². The second-order valence-corrected chi connectivity index (χ2v) is 15.7. The van der Waals surface area contributed by atoms with Crippen LogP contribution in [-0.4, -0.2) is 60.5 Å². The number of ether oxygens (including phenoxy) is 1. The van der Waals surface area contributed by atoms with E-state index >= 15 is 0 Å². The molecule has 5 heteroatoms. The molecule has 0 aliphatic carbocycles. The Balaban J connectivity index is 2.59. The monoisotopic (exact) mass is 691 g/mol. The van der Waals surface area contributed by atoms with E-state index in [1.165, 1.54) is 154 Å². The Bertz CT molecular complexity index is 738. The van der Waals surface area contributed by atoms with Crippen LogP contribution in [-0.2, 0) is 14.3 Å². The zero-order valence-electron chi connectivity index (χ0n) is 33.7. The third-order valence-electron chi connectivity index (χ3n) is 11.0. The first kappa shape index (κ1) is 45.9. The maximum atomic E-state index is 13.7. The Kier molecular flexibility index (Phi) is 31.9. The number of rotatable bonds is 36. The molecule has 0 aromatic heterocycles. The van der Waals surface area contributed by atoms with Gasteiger partial charge in [0.25, 0.3) is 0 Å². The zero-order chi connectivity index (χ0) is 35.6. The Labute approximate surface area is 306 Å². The van der Waals surface area contributed by atoms with Crippen molar-refractivity contribution in [3.63, 3.8) is 0 Å². The fraction of sp³-hybridized carbons (Fsp3) is 0.955. The summed E-state index contributed by atoms with van der Waals surface area (Å²) in [7, 11) is 0. The van der Waals surface area contributed by atoms with Gasteiger partial charge in [0.05, 0.1) is 6.61 Å². The number of carbonyl (C=O) groups is 2. The van der Waals surface area contributed by atoms with Gasteiger partial charge in [-0.2, -0.15) is 0 Å². The van der Waals surface area contributed by atoms with Crippen molar-refractivity contribution in [1.29, 1.82) is 0 Å². The van der Waals surface area contributed by atoms with Crippen LogP contribution in [0, 0.1) is 5.92 Å². The second-order valence-electron chi connectivity index (χ2n) is 15.7. The van der Waals surface area contributed by atoms with Crippen LogP contribution in [0.4, 0.5) is 0 Å². The van der Waals surface area contributed by atoms with E-state index in [1.807, 2.05) is 0 Å². The third kappa shape index (κ3) is 26.4. The van der Waals surface area contributed by atoms with Crippen molar-refractivity contribution in [1.82, 2.24) is 9.80 Å². The van der Waals surface area contributed by atoms with Gasteiger partial charge in [0.1, 0.15) is 0 Å². The molecule has 1 rings (SSSR count). The van der Waals surface area contributed by atoms with E-state index < -0.39 is 0 Å². The quantitative estimate of drug-likeness (QED) is 0.0485. The summed E-state index contributed by atoms with van der Waals surface area (Å²) < 4.78 is 5.88. The molecule has 49 heavy (non-hydrogen) atoms. The molecule has 0 spiro atoms. The Morgan fingerprint density at radius 2 is 1.00 bits per heavy atom. The molecule has 1 fully saturated rings. The van der Waals surface area contributed by atoms with Gasteiger partial charge in [-0.15, -0.1) is 0 Å². The van der Waals surface area contributed by atoms with Crippen molar-refractivity contribution < 1.29 is 14.3 Å². The van der Waals surface area contributed by atoms with Crippen LogP contribution in [0.1, 0.15) is 227 Å². The van der Waals surface area contributed by atoms with Gasteiger partial charge in [0, 0.05) is 25.4 Å². The molecule has 1 saturated heterocycles. The Hall–Kier alpha value is -1.10. The van der Waals surface area contributed by atoms with Gasteiger partial charge >= 0.3 is 5.97 Å². The smallest absolute Gasteiger partial charge is 0.305 e. The van der Waals surface area contributed by atoms with Crippen molar-refractivity contribution in [2.75, 3.05) is 32.8 Å². The third-order valence-corrected chi connectivity index (χ3v) is 11.0. The number of amides is 1. The van der Waals surface area contributed by atoms with Crippen molar-refractivity contribution in [2.24, 2.45) is 5.92 Å². The summed E-state index contributed by atoms with van der Waals surface area (Å²) in [6, 6.07) is 0.348. The average Bonchev–Trinajstić information content (AvgIpc) is 3.63. The van der Waals surface area contributed by atoms with Crippen molar-refractivity contribution in [3.8, 4) is 0 Å². The highest BCUT2D eigenvalue weighted by atomic mass is 16.5. The van der Waals surface area contributed by atoms with E-state index in [2.05, 4.69) is 37.5 Å². The maximum absolute atomic E-state index is 13.7. The number of carbonyl (C=O) groups excluding carboxylic acids is 2. The number of likely N-dealkylation sites (tertiary alicyclic amines) is 1. The van der Waals surface area contributed by atoms with E-state index in [1.54, 1.807) is 0 Å². The largest absolute Gasteiger partial charge is 0.465 e. The number of hydrogen-bond acceptors (Lipinski definition) is 4. The van der Waals surface area contributed by atoms with Gasteiger partial charge in [0.15, 0.2) is 0 Å². The number of unbranched alkanes of at least 4 members (excludes halogenated alkanes) is 17. The first-order valence-electron chi connectivity index (χ1n) is 22.2. The van der Waals surface area contributed by atoms with Gasteiger partial charge in [-0.3, -0.25) is 9.59 Å². The van der Waals surface area contributed by atoms with Crippen LogP contribution in [0.15, 0.2) is 0 Å². The topological polar surface area (TPSA) is 49.9 Å². The van der Waals surface area contributed by atoms with Gasteiger partial charge in [-0.05, 0) is 83.3 Å². The van der Waals surface area contributed by atoms with Gasteiger partial charge < -0.3 is 14.5 Å². The van der Waals surface area contributed by atoms with Crippen molar-refractivity contribution >= 4 is 11.9 Å². The molecule has 2 unspecified atom stereocenters. The Morgan fingerprint density at radius 3 is 1.57 bits per heavy atom. The zero-order valence-corrected chi connectivity index (χ0v) is 33.7. The van der Waals surface area contributed by atoms with Crippen LogP contribution in [0.25, 0.3) is 0 Å². The van der Waals surface area contributed by atoms with E-state index in [9.17, 15) is 9.59 Å². The van der Waals surface area contributed by atoms with Crippen LogP contribution < -0.4 is 0 Å². The summed E-state index contributed by atoms with van der Waals surface area (Å²) in [4.78, 5) is 31.4. The summed E-state index contributed by atoms with van der Waals surface area (Å²) in [5.74, 6) is 0.924. The highest BCUT2D eigenvalue weighted by Gasteiger charge is 2.23. The first-order chi connectivity index (χ1) is 24.0. The number of esters is 1. The fourth-order valence-electron chi connectivity index (χ4n) is 7.76. The van der Waals surface area contributed by atoms with Crippen LogP contribution in [0.2, 0.25) is 0 Å². The average molecular weight is 691 g/mol. The molecule has 2 atom stereocenters. The van der Waals surface area contributed by atoms with Crippen molar-refractivity contribution in [2.45, 2.75) is 233 Å².